The highest BCUT2D eigenvalue weighted by atomic mass is 16.5. The van der Waals surface area contributed by atoms with Gasteiger partial charge in [0.1, 0.15) is 5.54 Å². The largest absolute Gasteiger partial charge is 0.465 e. The van der Waals surface area contributed by atoms with Gasteiger partial charge in [-0.1, -0.05) is 20.3 Å². The van der Waals surface area contributed by atoms with E-state index in [-0.39, 0.29) is 11.9 Å². The van der Waals surface area contributed by atoms with Crippen molar-refractivity contribution in [1.82, 2.24) is 4.90 Å². The van der Waals surface area contributed by atoms with Crippen molar-refractivity contribution in [2.45, 2.75) is 70.9 Å². The third-order valence-electron chi connectivity index (χ3n) is 4.95. The molecule has 0 radical (unpaired) electrons. The molecule has 2 aliphatic rings. The number of nitrogens with two attached hydrogens (primary N) is 1. The molecule has 2 unspecified atom stereocenters. The van der Waals surface area contributed by atoms with Gasteiger partial charge in [-0.15, -0.1) is 0 Å². The minimum Gasteiger partial charge on any atom is -0.465 e. The summed E-state index contributed by atoms with van der Waals surface area (Å²) >= 11 is 0. The van der Waals surface area contributed by atoms with Crippen LogP contribution < -0.4 is 5.73 Å². The molecule has 2 rings (SSSR count). The monoisotopic (exact) mass is 296 g/mol. The standard InChI is InChI=1S/C17H32N2O2/c1-4-21-16(20)17(18)10-5-6-14(17)9-11-19(12-13(2)3)15-7-8-15/h13-15H,4-12,18H2,1-3H3. The lowest BCUT2D eigenvalue weighted by molar-refractivity contribution is -0.151. The molecule has 0 aromatic rings. The first-order valence-corrected chi connectivity index (χ1v) is 8.67. The first kappa shape index (κ1) is 16.8. The molecular formula is C17H32N2O2. The summed E-state index contributed by atoms with van der Waals surface area (Å²) in [6.07, 6.45) is 6.60. The van der Waals surface area contributed by atoms with Gasteiger partial charge in [-0.25, -0.2) is 0 Å². The molecule has 2 atom stereocenters. The molecule has 0 amide bonds. The molecule has 4 heteroatoms. The maximum absolute atomic E-state index is 12.2. The van der Waals surface area contributed by atoms with Gasteiger partial charge in [0.05, 0.1) is 6.61 Å². The number of ether oxygens (including phenoxy) is 1. The minimum atomic E-state index is -0.733. The Kier molecular flexibility index (Phi) is 5.67. The fourth-order valence-corrected chi connectivity index (χ4v) is 3.69. The Balaban J connectivity index is 1.89. The van der Waals surface area contributed by atoms with E-state index in [9.17, 15) is 4.79 Å². The lowest BCUT2D eigenvalue weighted by atomic mass is 9.85. The summed E-state index contributed by atoms with van der Waals surface area (Å²) in [5.41, 5.74) is 5.69. The van der Waals surface area contributed by atoms with Crippen LogP contribution in [0.5, 0.6) is 0 Å². The SMILES string of the molecule is CCOC(=O)C1(N)CCCC1CCN(CC(C)C)C1CC1. The van der Waals surface area contributed by atoms with Crippen LogP contribution >= 0.6 is 0 Å². The molecule has 21 heavy (non-hydrogen) atoms. The van der Waals surface area contributed by atoms with Crippen LogP contribution in [-0.4, -0.2) is 42.1 Å². The first-order valence-electron chi connectivity index (χ1n) is 8.67. The number of esters is 1. The summed E-state index contributed by atoms with van der Waals surface area (Å²) in [6.45, 7) is 9.06. The van der Waals surface area contributed by atoms with Crippen LogP contribution in [-0.2, 0) is 9.53 Å². The van der Waals surface area contributed by atoms with E-state index in [0.29, 0.717) is 12.5 Å². The van der Waals surface area contributed by atoms with Crippen molar-refractivity contribution < 1.29 is 9.53 Å². The topological polar surface area (TPSA) is 55.6 Å². The summed E-state index contributed by atoms with van der Waals surface area (Å²) in [5.74, 6) is 0.793. The predicted molar refractivity (Wildman–Crippen MR) is 84.9 cm³/mol. The van der Waals surface area contributed by atoms with Crippen molar-refractivity contribution >= 4 is 5.97 Å². The van der Waals surface area contributed by atoms with E-state index in [0.717, 1.165) is 44.8 Å². The van der Waals surface area contributed by atoms with Crippen LogP contribution in [0.4, 0.5) is 0 Å². The van der Waals surface area contributed by atoms with Crippen LogP contribution in [0.1, 0.15) is 59.3 Å². The van der Waals surface area contributed by atoms with Gasteiger partial charge < -0.3 is 15.4 Å². The molecule has 0 heterocycles. The number of hydrogen-bond donors (Lipinski definition) is 1. The number of carbonyl (C=O) groups excluding carboxylic acids is 1. The lowest BCUT2D eigenvalue weighted by Gasteiger charge is -2.31. The molecule has 2 saturated carbocycles. The maximum atomic E-state index is 12.2. The normalized spacial score (nSPS) is 29.3. The van der Waals surface area contributed by atoms with E-state index in [4.69, 9.17) is 10.5 Å². The number of hydrogen-bond acceptors (Lipinski definition) is 4. The fourth-order valence-electron chi connectivity index (χ4n) is 3.69. The lowest BCUT2D eigenvalue weighted by Crippen LogP contribution is -2.52. The summed E-state index contributed by atoms with van der Waals surface area (Å²) in [6, 6.07) is 0.781. The van der Waals surface area contributed by atoms with Gasteiger partial charge >= 0.3 is 5.97 Å². The van der Waals surface area contributed by atoms with Gasteiger partial charge in [0.25, 0.3) is 0 Å². The Morgan fingerprint density at radius 2 is 2.10 bits per heavy atom. The summed E-state index contributed by atoms with van der Waals surface area (Å²) in [7, 11) is 0. The number of carbonyl (C=O) groups is 1. The fraction of sp³-hybridized carbons (Fsp3) is 0.941. The second-order valence-electron chi connectivity index (χ2n) is 7.26. The van der Waals surface area contributed by atoms with Crippen molar-refractivity contribution in [3.05, 3.63) is 0 Å². The zero-order valence-corrected chi connectivity index (χ0v) is 13.9. The van der Waals surface area contributed by atoms with Crippen LogP contribution in [0, 0.1) is 11.8 Å². The molecule has 0 aromatic heterocycles. The second-order valence-corrected chi connectivity index (χ2v) is 7.26. The van der Waals surface area contributed by atoms with Gasteiger partial charge in [-0.3, -0.25) is 4.79 Å². The third kappa shape index (κ3) is 4.19. The van der Waals surface area contributed by atoms with Crippen molar-refractivity contribution in [1.29, 1.82) is 0 Å². The van der Waals surface area contributed by atoms with E-state index in [1.807, 2.05) is 6.92 Å². The molecule has 0 spiro atoms. The van der Waals surface area contributed by atoms with E-state index in [2.05, 4.69) is 18.7 Å². The highest BCUT2D eigenvalue weighted by molar-refractivity contribution is 5.81. The van der Waals surface area contributed by atoms with Gasteiger partial charge in [0, 0.05) is 12.6 Å². The molecule has 4 nitrogen and oxygen atoms in total. The number of rotatable bonds is 8. The Bertz CT molecular complexity index is 355. The summed E-state index contributed by atoms with van der Waals surface area (Å²) in [5, 5.41) is 0. The molecule has 2 aliphatic carbocycles. The molecule has 0 aromatic carbocycles. The molecule has 0 saturated heterocycles. The van der Waals surface area contributed by atoms with Gasteiger partial charge in [-0.05, 0) is 57.4 Å². The van der Waals surface area contributed by atoms with Gasteiger partial charge in [-0.2, -0.15) is 0 Å². The average molecular weight is 296 g/mol. The van der Waals surface area contributed by atoms with Crippen molar-refractivity contribution in [3.8, 4) is 0 Å². The Labute approximate surface area is 129 Å². The van der Waals surface area contributed by atoms with Crippen LogP contribution in [0.15, 0.2) is 0 Å². The van der Waals surface area contributed by atoms with Crippen LogP contribution in [0.2, 0.25) is 0 Å². The highest BCUT2D eigenvalue weighted by Crippen LogP contribution is 2.38. The smallest absolute Gasteiger partial charge is 0.326 e. The Morgan fingerprint density at radius 3 is 2.67 bits per heavy atom. The highest BCUT2D eigenvalue weighted by Gasteiger charge is 2.47. The minimum absolute atomic E-state index is 0.186. The van der Waals surface area contributed by atoms with Gasteiger partial charge in [0.2, 0.25) is 0 Å². The van der Waals surface area contributed by atoms with E-state index < -0.39 is 5.54 Å². The predicted octanol–water partition coefficient (Wildman–Crippen LogP) is 2.56. The van der Waals surface area contributed by atoms with Crippen LogP contribution in [0.25, 0.3) is 0 Å². The van der Waals surface area contributed by atoms with E-state index >= 15 is 0 Å². The first-order chi connectivity index (χ1) is 9.97. The maximum Gasteiger partial charge on any atom is 0.326 e. The van der Waals surface area contributed by atoms with Crippen molar-refractivity contribution in [2.24, 2.45) is 17.6 Å². The average Bonchev–Trinajstić information content (AvgIpc) is 3.19. The van der Waals surface area contributed by atoms with Crippen LogP contribution in [0.3, 0.4) is 0 Å². The zero-order chi connectivity index (χ0) is 15.5. The van der Waals surface area contributed by atoms with E-state index in [1.165, 1.54) is 12.8 Å². The molecule has 2 fully saturated rings. The second kappa shape index (κ2) is 7.10. The zero-order valence-electron chi connectivity index (χ0n) is 13.9. The third-order valence-corrected chi connectivity index (χ3v) is 4.95. The molecule has 2 N–H and O–H groups in total. The molecule has 122 valence electrons. The Hall–Kier alpha value is -0.610. The van der Waals surface area contributed by atoms with Crippen molar-refractivity contribution in [2.75, 3.05) is 19.7 Å². The summed E-state index contributed by atoms with van der Waals surface area (Å²) < 4.78 is 5.21. The molecule has 0 bridgehead atoms. The van der Waals surface area contributed by atoms with Crippen molar-refractivity contribution in [3.63, 3.8) is 0 Å². The Morgan fingerprint density at radius 1 is 1.38 bits per heavy atom. The molecule has 0 aliphatic heterocycles. The summed E-state index contributed by atoms with van der Waals surface area (Å²) in [4.78, 5) is 14.8. The van der Waals surface area contributed by atoms with E-state index in [1.54, 1.807) is 0 Å². The van der Waals surface area contributed by atoms with Gasteiger partial charge in [0.15, 0.2) is 0 Å². The quantitative estimate of drug-likeness (QED) is 0.699. The molecular weight excluding hydrogens is 264 g/mol. The number of nitrogens with zero attached hydrogens (tertiary/aromatic N) is 1.